The van der Waals surface area contributed by atoms with E-state index >= 15 is 0 Å². The van der Waals surface area contributed by atoms with Crippen molar-refractivity contribution in [1.82, 2.24) is 10.1 Å². The lowest BCUT2D eigenvalue weighted by atomic mass is 9.97. The van der Waals surface area contributed by atoms with Gasteiger partial charge in [0.15, 0.2) is 5.82 Å². The van der Waals surface area contributed by atoms with Gasteiger partial charge >= 0.3 is 0 Å². The summed E-state index contributed by atoms with van der Waals surface area (Å²) in [6.45, 7) is 3.31. The van der Waals surface area contributed by atoms with Crippen LogP contribution < -0.4 is 5.73 Å². The van der Waals surface area contributed by atoms with Crippen molar-refractivity contribution in [3.8, 4) is 0 Å². The minimum absolute atomic E-state index is 0.0662. The molecule has 0 saturated carbocycles. The standard InChI is InChI=1S/C9H15N3O2/c1-2-8-11-9(14-12-8)6-5-13-4-3-7(6)10/h6-7H,2-5,10H2,1H3. The maximum absolute atomic E-state index is 5.95. The number of aromatic nitrogens is 2. The van der Waals surface area contributed by atoms with Gasteiger partial charge in [0.2, 0.25) is 5.89 Å². The summed E-state index contributed by atoms with van der Waals surface area (Å²) in [6, 6.07) is 0.0777. The molecule has 2 N–H and O–H groups in total. The van der Waals surface area contributed by atoms with Crippen LogP contribution in [-0.4, -0.2) is 29.4 Å². The second-order valence-corrected chi connectivity index (χ2v) is 3.54. The summed E-state index contributed by atoms with van der Waals surface area (Å²) in [5.74, 6) is 1.42. The monoisotopic (exact) mass is 197 g/mol. The molecule has 2 unspecified atom stereocenters. The third-order valence-electron chi connectivity index (χ3n) is 2.53. The van der Waals surface area contributed by atoms with Crippen molar-refractivity contribution >= 4 is 0 Å². The molecule has 0 aliphatic carbocycles. The molecule has 1 fully saturated rings. The van der Waals surface area contributed by atoms with Gasteiger partial charge in [0.25, 0.3) is 0 Å². The summed E-state index contributed by atoms with van der Waals surface area (Å²) >= 11 is 0. The molecule has 2 rings (SSSR count). The van der Waals surface area contributed by atoms with Crippen molar-refractivity contribution < 1.29 is 9.26 Å². The second kappa shape index (κ2) is 4.06. The zero-order valence-electron chi connectivity index (χ0n) is 8.27. The van der Waals surface area contributed by atoms with E-state index in [4.69, 9.17) is 15.0 Å². The van der Waals surface area contributed by atoms with Crippen LogP contribution in [0.15, 0.2) is 4.52 Å². The van der Waals surface area contributed by atoms with Gasteiger partial charge in [0, 0.05) is 19.1 Å². The maximum atomic E-state index is 5.95. The molecule has 5 heteroatoms. The summed E-state index contributed by atoms with van der Waals surface area (Å²) in [5.41, 5.74) is 5.95. The Kier molecular flexibility index (Phi) is 2.79. The lowest BCUT2D eigenvalue weighted by molar-refractivity contribution is 0.0590. The zero-order valence-corrected chi connectivity index (χ0v) is 8.27. The van der Waals surface area contributed by atoms with Gasteiger partial charge in [-0.3, -0.25) is 0 Å². The van der Waals surface area contributed by atoms with Crippen LogP contribution in [0.3, 0.4) is 0 Å². The van der Waals surface area contributed by atoms with Gasteiger partial charge in [-0.1, -0.05) is 12.1 Å². The largest absolute Gasteiger partial charge is 0.381 e. The fourth-order valence-electron chi connectivity index (χ4n) is 1.57. The van der Waals surface area contributed by atoms with Crippen molar-refractivity contribution in [1.29, 1.82) is 0 Å². The molecular weight excluding hydrogens is 182 g/mol. The summed E-state index contributed by atoms with van der Waals surface area (Å²) in [6.07, 6.45) is 1.64. The summed E-state index contributed by atoms with van der Waals surface area (Å²) in [7, 11) is 0. The smallest absolute Gasteiger partial charge is 0.233 e. The normalized spacial score (nSPS) is 27.9. The van der Waals surface area contributed by atoms with Crippen LogP contribution in [0, 0.1) is 0 Å². The Bertz CT molecular complexity index is 300. The summed E-state index contributed by atoms with van der Waals surface area (Å²) in [5, 5.41) is 3.85. The topological polar surface area (TPSA) is 74.2 Å². The van der Waals surface area contributed by atoms with E-state index in [0.29, 0.717) is 12.5 Å². The molecule has 1 aromatic heterocycles. The van der Waals surface area contributed by atoms with Crippen molar-refractivity contribution in [3.05, 3.63) is 11.7 Å². The molecule has 0 spiro atoms. The first-order valence-electron chi connectivity index (χ1n) is 4.97. The first kappa shape index (κ1) is 9.61. The van der Waals surface area contributed by atoms with Gasteiger partial charge in [0.1, 0.15) is 0 Å². The predicted octanol–water partition coefficient (Wildman–Crippen LogP) is 0.463. The Morgan fingerprint density at radius 1 is 1.57 bits per heavy atom. The Hall–Kier alpha value is -0.940. The van der Waals surface area contributed by atoms with Gasteiger partial charge in [-0.2, -0.15) is 4.98 Å². The second-order valence-electron chi connectivity index (χ2n) is 3.54. The molecule has 0 amide bonds. The van der Waals surface area contributed by atoms with Gasteiger partial charge in [-0.05, 0) is 6.42 Å². The lowest BCUT2D eigenvalue weighted by Gasteiger charge is -2.25. The molecule has 2 atom stereocenters. The van der Waals surface area contributed by atoms with Gasteiger partial charge in [-0.15, -0.1) is 0 Å². The van der Waals surface area contributed by atoms with E-state index in [9.17, 15) is 0 Å². The van der Waals surface area contributed by atoms with Crippen molar-refractivity contribution in [2.75, 3.05) is 13.2 Å². The molecule has 1 saturated heterocycles. The van der Waals surface area contributed by atoms with Crippen LogP contribution in [0.1, 0.15) is 31.0 Å². The molecular formula is C9H15N3O2. The molecule has 14 heavy (non-hydrogen) atoms. The predicted molar refractivity (Wildman–Crippen MR) is 49.8 cm³/mol. The van der Waals surface area contributed by atoms with Crippen LogP contribution >= 0.6 is 0 Å². The van der Waals surface area contributed by atoms with Crippen LogP contribution in [0.4, 0.5) is 0 Å². The molecule has 0 aromatic carbocycles. The quantitative estimate of drug-likeness (QED) is 0.745. The van der Waals surface area contributed by atoms with E-state index in [2.05, 4.69) is 10.1 Å². The van der Waals surface area contributed by atoms with E-state index in [1.165, 1.54) is 0 Å². The third kappa shape index (κ3) is 1.78. The average molecular weight is 197 g/mol. The molecule has 78 valence electrons. The Morgan fingerprint density at radius 2 is 2.43 bits per heavy atom. The number of aryl methyl sites for hydroxylation is 1. The fraction of sp³-hybridized carbons (Fsp3) is 0.778. The molecule has 5 nitrogen and oxygen atoms in total. The Morgan fingerprint density at radius 3 is 3.07 bits per heavy atom. The van der Waals surface area contributed by atoms with Crippen LogP contribution in [0.25, 0.3) is 0 Å². The number of hydrogen-bond acceptors (Lipinski definition) is 5. The number of hydrogen-bond donors (Lipinski definition) is 1. The van der Waals surface area contributed by atoms with Gasteiger partial charge in [-0.25, -0.2) is 0 Å². The molecule has 1 aromatic rings. The highest BCUT2D eigenvalue weighted by molar-refractivity contribution is 5.00. The number of ether oxygens (including phenoxy) is 1. The van der Waals surface area contributed by atoms with E-state index < -0.39 is 0 Å². The van der Waals surface area contributed by atoms with Crippen LogP contribution in [0.2, 0.25) is 0 Å². The highest BCUT2D eigenvalue weighted by Gasteiger charge is 2.28. The molecule has 2 heterocycles. The summed E-state index contributed by atoms with van der Waals surface area (Å²) in [4.78, 5) is 4.27. The van der Waals surface area contributed by atoms with E-state index in [0.717, 1.165) is 25.3 Å². The fourth-order valence-corrected chi connectivity index (χ4v) is 1.57. The van der Waals surface area contributed by atoms with Gasteiger partial charge in [0.05, 0.1) is 12.5 Å². The van der Waals surface area contributed by atoms with Crippen molar-refractivity contribution in [2.24, 2.45) is 5.73 Å². The Labute approximate surface area is 82.6 Å². The molecule has 1 aliphatic rings. The maximum Gasteiger partial charge on any atom is 0.233 e. The van der Waals surface area contributed by atoms with Crippen LogP contribution in [0.5, 0.6) is 0 Å². The Balaban J connectivity index is 2.12. The number of nitrogens with two attached hydrogens (primary N) is 1. The average Bonchev–Trinajstić information content (AvgIpc) is 2.67. The number of nitrogens with zero attached hydrogens (tertiary/aromatic N) is 2. The van der Waals surface area contributed by atoms with Gasteiger partial charge < -0.3 is 15.0 Å². The molecule has 0 bridgehead atoms. The first-order valence-corrected chi connectivity index (χ1v) is 4.97. The SMILES string of the molecule is CCc1noc(C2COCCC2N)n1. The first-order chi connectivity index (χ1) is 6.81. The van der Waals surface area contributed by atoms with E-state index in [1.807, 2.05) is 6.92 Å². The van der Waals surface area contributed by atoms with E-state index in [-0.39, 0.29) is 12.0 Å². The highest BCUT2D eigenvalue weighted by atomic mass is 16.5. The number of rotatable bonds is 2. The van der Waals surface area contributed by atoms with Crippen molar-refractivity contribution in [2.45, 2.75) is 31.7 Å². The van der Waals surface area contributed by atoms with Crippen LogP contribution in [-0.2, 0) is 11.2 Å². The minimum Gasteiger partial charge on any atom is -0.381 e. The third-order valence-corrected chi connectivity index (χ3v) is 2.53. The summed E-state index contributed by atoms with van der Waals surface area (Å²) < 4.78 is 10.5. The van der Waals surface area contributed by atoms with Crippen molar-refractivity contribution in [3.63, 3.8) is 0 Å². The van der Waals surface area contributed by atoms with E-state index in [1.54, 1.807) is 0 Å². The molecule has 1 aliphatic heterocycles. The highest BCUT2D eigenvalue weighted by Crippen LogP contribution is 2.23. The zero-order chi connectivity index (χ0) is 9.97. The molecule has 0 radical (unpaired) electrons. The minimum atomic E-state index is 0.0662. The lowest BCUT2D eigenvalue weighted by Crippen LogP contribution is -2.37.